The van der Waals surface area contributed by atoms with Gasteiger partial charge in [-0.2, -0.15) is 0 Å². The summed E-state index contributed by atoms with van der Waals surface area (Å²) < 4.78 is 22.4. The van der Waals surface area contributed by atoms with Crippen LogP contribution in [-0.2, 0) is 28.5 Å². The Kier molecular flexibility index (Phi) is 12.8. The van der Waals surface area contributed by atoms with E-state index in [2.05, 4.69) is 13.8 Å². The van der Waals surface area contributed by atoms with Crippen LogP contribution in [-0.4, -0.2) is 82.7 Å². The lowest BCUT2D eigenvalue weighted by Crippen LogP contribution is -2.40. The number of hydrogen-bond acceptors (Lipinski definition) is 9. The average Bonchev–Trinajstić information content (AvgIpc) is 3.68. The molecule has 2 aliphatic rings. The third kappa shape index (κ3) is 9.66. The lowest BCUT2D eigenvalue weighted by atomic mass is 9.91. The van der Waals surface area contributed by atoms with Crippen molar-refractivity contribution in [1.82, 2.24) is 0 Å². The molecule has 0 aromatic rings. The number of rotatable bonds is 10. The second kappa shape index (κ2) is 15.1. The highest BCUT2D eigenvalue weighted by molar-refractivity contribution is 5.71. The molecule has 0 aromatic heterocycles. The summed E-state index contributed by atoms with van der Waals surface area (Å²) in [5.74, 6) is -1.51. The second-order valence-corrected chi connectivity index (χ2v) is 11.3. The summed E-state index contributed by atoms with van der Waals surface area (Å²) in [6, 6.07) is 0. The average molecular weight is 565 g/mol. The molecule has 0 saturated carbocycles. The maximum absolute atomic E-state index is 12.6. The van der Waals surface area contributed by atoms with Gasteiger partial charge < -0.3 is 34.3 Å². The molecule has 0 radical (unpaired) electrons. The molecular weight excluding hydrogens is 516 g/mol. The van der Waals surface area contributed by atoms with Crippen LogP contribution in [0.1, 0.15) is 61.3 Å². The fourth-order valence-electron chi connectivity index (χ4n) is 5.04. The van der Waals surface area contributed by atoms with Gasteiger partial charge in [-0.15, -0.1) is 0 Å². The van der Waals surface area contributed by atoms with E-state index >= 15 is 0 Å². The second-order valence-electron chi connectivity index (χ2n) is 11.3. The van der Waals surface area contributed by atoms with Gasteiger partial charge in [0.2, 0.25) is 0 Å². The minimum absolute atomic E-state index is 0.0434. The number of ether oxygens (including phenoxy) is 4. The maximum atomic E-state index is 12.6. The molecule has 11 atom stereocenters. The van der Waals surface area contributed by atoms with E-state index in [4.69, 9.17) is 18.9 Å². The molecule has 0 amide bonds. The molecule has 9 nitrogen and oxygen atoms in total. The molecule has 9 heteroatoms. The Hall–Kier alpha value is -2.30. The minimum Gasteiger partial charge on any atom is -0.457 e. The van der Waals surface area contributed by atoms with Gasteiger partial charge in [0.25, 0.3) is 0 Å². The van der Waals surface area contributed by atoms with E-state index in [9.17, 15) is 24.9 Å². The van der Waals surface area contributed by atoms with E-state index in [1.807, 2.05) is 39.0 Å². The summed E-state index contributed by atoms with van der Waals surface area (Å²) in [6.45, 7) is 12.4. The first-order chi connectivity index (χ1) is 18.7. The number of epoxide rings is 1. The van der Waals surface area contributed by atoms with Gasteiger partial charge in [-0.25, -0.2) is 0 Å². The highest BCUT2D eigenvalue weighted by Crippen LogP contribution is 2.37. The van der Waals surface area contributed by atoms with Gasteiger partial charge in [0.05, 0.1) is 30.8 Å². The first kappa shape index (κ1) is 33.9. The zero-order valence-electron chi connectivity index (χ0n) is 25.0. The van der Waals surface area contributed by atoms with Crippen LogP contribution < -0.4 is 0 Å². The van der Waals surface area contributed by atoms with Crippen LogP contribution in [0.5, 0.6) is 0 Å². The zero-order chi connectivity index (χ0) is 30.2. The van der Waals surface area contributed by atoms with Crippen molar-refractivity contribution in [3.8, 4) is 0 Å². The Balaban J connectivity index is 2.17. The highest BCUT2D eigenvalue weighted by atomic mass is 16.6. The van der Waals surface area contributed by atoms with Crippen LogP contribution >= 0.6 is 0 Å². The van der Waals surface area contributed by atoms with Crippen molar-refractivity contribution < 1.29 is 43.9 Å². The number of esters is 2. The molecule has 2 aliphatic heterocycles. The number of aliphatic hydroxyl groups is 3. The molecule has 0 aromatic carbocycles. The Morgan fingerprint density at radius 1 is 1.23 bits per heavy atom. The number of carbonyl (C=O) groups is 2. The van der Waals surface area contributed by atoms with Gasteiger partial charge in [-0.05, 0) is 31.9 Å². The lowest BCUT2D eigenvalue weighted by Gasteiger charge is -2.29. The number of aliphatic hydroxyl groups excluding tert-OH is 2. The van der Waals surface area contributed by atoms with Crippen molar-refractivity contribution in [2.45, 2.75) is 110 Å². The Labute approximate surface area is 238 Å². The third-order valence-electron chi connectivity index (χ3n) is 7.70. The Bertz CT molecular complexity index is 962. The van der Waals surface area contributed by atoms with Gasteiger partial charge in [0.1, 0.15) is 17.8 Å². The molecule has 2 rings (SSSR count). The molecule has 0 bridgehead atoms. The molecule has 40 heavy (non-hydrogen) atoms. The molecular formula is C31H48O9. The molecule has 0 aliphatic carbocycles. The summed E-state index contributed by atoms with van der Waals surface area (Å²) in [4.78, 5) is 24.3. The number of hydrogen-bond donors (Lipinski definition) is 3. The van der Waals surface area contributed by atoms with E-state index < -0.39 is 42.0 Å². The number of cyclic esters (lactones) is 1. The molecule has 1 fully saturated rings. The molecule has 2 heterocycles. The Morgan fingerprint density at radius 2 is 1.90 bits per heavy atom. The van der Waals surface area contributed by atoms with E-state index in [0.29, 0.717) is 0 Å². The van der Waals surface area contributed by atoms with Crippen LogP contribution in [0, 0.1) is 17.8 Å². The van der Waals surface area contributed by atoms with Crippen molar-refractivity contribution >= 4 is 11.9 Å². The zero-order valence-corrected chi connectivity index (χ0v) is 25.0. The maximum Gasteiger partial charge on any atom is 0.309 e. The van der Waals surface area contributed by atoms with Crippen LogP contribution in [0.15, 0.2) is 48.1 Å². The molecule has 0 spiro atoms. The fraction of sp³-hybridized carbons (Fsp3) is 0.677. The van der Waals surface area contributed by atoms with Crippen molar-refractivity contribution in [2.24, 2.45) is 17.8 Å². The number of methoxy groups -OCH3 is 1. The highest BCUT2D eigenvalue weighted by Gasteiger charge is 2.50. The largest absolute Gasteiger partial charge is 0.457 e. The molecule has 3 N–H and O–H groups in total. The van der Waals surface area contributed by atoms with Gasteiger partial charge in [-0.3, -0.25) is 9.59 Å². The van der Waals surface area contributed by atoms with Crippen LogP contribution in [0.2, 0.25) is 0 Å². The van der Waals surface area contributed by atoms with Gasteiger partial charge >= 0.3 is 11.9 Å². The lowest BCUT2D eigenvalue weighted by molar-refractivity contribution is -0.152. The van der Waals surface area contributed by atoms with Gasteiger partial charge in [0, 0.05) is 31.8 Å². The topological polar surface area (TPSA) is 135 Å². The third-order valence-corrected chi connectivity index (χ3v) is 7.70. The minimum atomic E-state index is -1.60. The standard InChI is InChI=1S/C31H48O9/c1-9-24(37-8)21(5)29-30(40-29)27(35)18(2)11-10-12-19(3)28-20(4)13-14-25(38-22(6)32)31(7,36)16-15-23(33)17-26(34)39-28/h10-16,18,20-21,23-25,27-30,33,35-36H,9,17H2,1-8H3/b11-10+,14-13+,16-15+,19-12+. The first-order valence-corrected chi connectivity index (χ1v) is 14.1. The predicted molar refractivity (Wildman–Crippen MR) is 151 cm³/mol. The molecule has 11 unspecified atom stereocenters. The normalized spacial score (nSPS) is 36.4. The summed E-state index contributed by atoms with van der Waals surface area (Å²) in [5.41, 5.74) is -0.865. The molecule has 226 valence electrons. The monoisotopic (exact) mass is 564 g/mol. The summed E-state index contributed by atoms with van der Waals surface area (Å²) >= 11 is 0. The predicted octanol–water partition coefficient (Wildman–Crippen LogP) is 3.42. The first-order valence-electron chi connectivity index (χ1n) is 14.1. The van der Waals surface area contributed by atoms with Crippen molar-refractivity contribution in [3.63, 3.8) is 0 Å². The summed E-state index contributed by atoms with van der Waals surface area (Å²) in [7, 11) is 1.69. The van der Waals surface area contributed by atoms with Crippen molar-refractivity contribution in [1.29, 1.82) is 0 Å². The van der Waals surface area contributed by atoms with Crippen LogP contribution in [0.3, 0.4) is 0 Å². The smallest absolute Gasteiger partial charge is 0.309 e. The van der Waals surface area contributed by atoms with E-state index in [-0.39, 0.29) is 42.5 Å². The number of allylic oxidation sites excluding steroid dienone is 2. The van der Waals surface area contributed by atoms with Crippen molar-refractivity contribution in [2.75, 3.05) is 7.11 Å². The van der Waals surface area contributed by atoms with E-state index in [1.165, 1.54) is 26.0 Å². The summed E-state index contributed by atoms with van der Waals surface area (Å²) in [6.07, 6.45) is 8.23. The summed E-state index contributed by atoms with van der Waals surface area (Å²) in [5, 5.41) is 32.0. The van der Waals surface area contributed by atoms with E-state index in [0.717, 1.165) is 12.0 Å². The number of carbonyl (C=O) groups excluding carboxylic acids is 2. The quantitative estimate of drug-likeness (QED) is 0.158. The van der Waals surface area contributed by atoms with Gasteiger partial charge in [0.15, 0.2) is 6.10 Å². The Morgan fingerprint density at radius 3 is 2.50 bits per heavy atom. The fourth-order valence-corrected chi connectivity index (χ4v) is 5.04. The van der Waals surface area contributed by atoms with Crippen LogP contribution in [0.4, 0.5) is 0 Å². The van der Waals surface area contributed by atoms with E-state index in [1.54, 1.807) is 19.3 Å². The van der Waals surface area contributed by atoms with Crippen molar-refractivity contribution in [3.05, 3.63) is 48.1 Å². The molecule has 1 saturated heterocycles. The van der Waals surface area contributed by atoms with Gasteiger partial charge in [-0.1, -0.05) is 64.2 Å². The van der Waals surface area contributed by atoms with Crippen LogP contribution in [0.25, 0.3) is 0 Å². The SMILES string of the molecule is CCC(OC)C(C)C1OC1C(O)C(C)/C=C/C=C(\C)C1OC(=O)CC(O)/C=C/C(C)(O)C(OC(C)=O)/C=C/C1C.